The molecule has 1 aromatic carbocycles. The Hall–Kier alpha value is -2.29. The van der Waals surface area contributed by atoms with Crippen LogP contribution >= 0.6 is 0 Å². The summed E-state index contributed by atoms with van der Waals surface area (Å²) < 4.78 is 5.30. The number of benzene rings is 1. The number of allylic oxidation sites excluding steroid dienone is 5. The van der Waals surface area contributed by atoms with Crippen molar-refractivity contribution in [2.45, 2.75) is 33.6 Å². The van der Waals surface area contributed by atoms with Crippen LogP contribution in [0.15, 0.2) is 59.2 Å². The van der Waals surface area contributed by atoms with Gasteiger partial charge in [0.05, 0.1) is 7.11 Å². The van der Waals surface area contributed by atoms with Crippen LogP contribution in [-0.2, 0) is 4.79 Å². The predicted octanol–water partition coefficient (Wildman–Crippen LogP) is 4.38. The standard InChI is InChI=1S/C20H27NO2/c1-7-17(12-14(2)11-15(3)20(22)21-5)16(4)18-9-8-10-19(13-18)23-6/h7-13,16H,1-6H3,(H,21,22)/b14-12-,15-11+,17-7-. The first-order chi connectivity index (χ1) is 10.9. The number of likely N-dealkylation sites (N-methyl/N-ethyl adjacent to an activating group) is 1. The molecule has 1 rings (SSSR count). The molecule has 1 aromatic rings. The molecule has 23 heavy (non-hydrogen) atoms. The second-order valence-corrected chi connectivity index (χ2v) is 5.58. The fourth-order valence-electron chi connectivity index (χ4n) is 2.47. The van der Waals surface area contributed by atoms with Gasteiger partial charge in [-0.2, -0.15) is 0 Å². The summed E-state index contributed by atoms with van der Waals surface area (Å²) in [4.78, 5) is 11.6. The van der Waals surface area contributed by atoms with E-state index in [1.165, 1.54) is 11.1 Å². The first-order valence-electron chi connectivity index (χ1n) is 7.81. The van der Waals surface area contributed by atoms with Crippen molar-refractivity contribution >= 4 is 5.91 Å². The van der Waals surface area contributed by atoms with Crippen LogP contribution in [0, 0.1) is 0 Å². The largest absolute Gasteiger partial charge is 0.497 e. The van der Waals surface area contributed by atoms with Gasteiger partial charge < -0.3 is 10.1 Å². The molecular weight excluding hydrogens is 286 g/mol. The number of carbonyl (C=O) groups excluding carboxylic acids is 1. The highest BCUT2D eigenvalue weighted by molar-refractivity contribution is 5.93. The van der Waals surface area contributed by atoms with E-state index >= 15 is 0 Å². The Kier molecular flexibility index (Phi) is 7.33. The highest BCUT2D eigenvalue weighted by Crippen LogP contribution is 2.28. The first kappa shape index (κ1) is 18.8. The molecule has 1 atom stereocenters. The van der Waals surface area contributed by atoms with E-state index in [0.717, 1.165) is 11.3 Å². The number of hydrogen-bond donors (Lipinski definition) is 1. The fraction of sp³-hybridized carbons (Fsp3) is 0.350. The summed E-state index contributed by atoms with van der Waals surface area (Å²) in [5, 5.41) is 2.64. The third-order valence-corrected chi connectivity index (χ3v) is 3.85. The Morgan fingerprint density at radius 1 is 1.26 bits per heavy atom. The maximum absolute atomic E-state index is 11.6. The molecule has 0 aliphatic heterocycles. The summed E-state index contributed by atoms with van der Waals surface area (Å²) in [5.74, 6) is 1.06. The fourth-order valence-corrected chi connectivity index (χ4v) is 2.47. The van der Waals surface area contributed by atoms with Crippen molar-refractivity contribution in [2.24, 2.45) is 0 Å². The van der Waals surface area contributed by atoms with Gasteiger partial charge in [0, 0.05) is 18.5 Å². The van der Waals surface area contributed by atoms with Gasteiger partial charge in [-0.05, 0) is 44.0 Å². The summed E-state index contributed by atoms with van der Waals surface area (Å²) >= 11 is 0. The lowest BCUT2D eigenvalue weighted by atomic mass is 9.91. The molecule has 0 fully saturated rings. The van der Waals surface area contributed by atoms with Gasteiger partial charge in [0.2, 0.25) is 5.91 Å². The van der Waals surface area contributed by atoms with Gasteiger partial charge in [0.15, 0.2) is 0 Å². The molecule has 1 amide bonds. The molecule has 0 bridgehead atoms. The van der Waals surface area contributed by atoms with E-state index in [1.54, 1.807) is 14.2 Å². The quantitative estimate of drug-likeness (QED) is 0.625. The Bertz CT molecular complexity index is 639. The zero-order valence-corrected chi connectivity index (χ0v) is 14.9. The van der Waals surface area contributed by atoms with Crippen LogP contribution in [0.4, 0.5) is 0 Å². The van der Waals surface area contributed by atoms with Gasteiger partial charge in [0.25, 0.3) is 0 Å². The summed E-state index contributed by atoms with van der Waals surface area (Å²) in [6.45, 7) is 8.03. The van der Waals surface area contributed by atoms with Crippen LogP contribution in [-0.4, -0.2) is 20.1 Å². The van der Waals surface area contributed by atoms with Gasteiger partial charge >= 0.3 is 0 Å². The van der Waals surface area contributed by atoms with E-state index in [2.05, 4.69) is 36.5 Å². The number of nitrogens with one attached hydrogen (secondary N) is 1. The molecule has 0 spiro atoms. The average Bonchev–Trinajstić information content (AvgIpc) is 2.58. The Balaban J connectivity index is 3.04. The molecule has 3 nitrogen and oxygen atoms in total. The normalized spacial score (nSPS) is 14.4. The maximum Gasteiger partial charge on any atom is 0.246 e. The van der Waals surface area contributed by atoms with Gasteiger partial charge in [-0.1, -0.05) is 42.9 Å². The van der Waals surface area contributed by atoms with E-state index < -0.39 is 0 Å². The number of ether oxygens (including phenoxy) is 1. The Morgan fingerprint density at radius 3 is 2.52 bits per heavy atom. The molecule has 124 valence electrons. The predicted molar refractivity (Wildman–Crippen MR) is 96.7 cm³/mol. The minimum Gasteiger partial charge on any atom is -0.497 e. The zero-order valence-electron chi connectivity index (χ0n) is 14.9. The molecule has 1 N–H and O–H groups in total. The van der Waals surface area contributed by atoms with Crippen LogP contribution in [0.1, 0.15) is 39.2 Å². The molecule has 0 aromatic heterocycles. The van der Waals surface area contributed by atoms with Gasteiger partial charge in [0.1, 0.15) is 5.75 Å². The van der Waals surface area contributed by atoms with Crippen LogP contribution in [0.3, 0.4) is 0 Å². The summed E-state index contributed by atoms with van der Waals surface area (Å²) in [5.41, 5.74) is 4.16. The second kappa shape index (κ2) is 8.99. The molecule has 0 saturated heterocycles. The summed E-state index contributed by atoms with van der Waals surface area (Å²) in [7, 11) is 3.32. The van der Waals surface area contributed by atoms with Crippen molar-refractivity contribution in [3.05, 3.63) is 64.8 Å². The Morgan fingerprint density at radius 2 is 1.96 bits per heavy atom. The van der Waals surface area contributed by atoms with Crippen LogP contribution in [0.25, 0.3) is 0 Å². The van der Waals surface area contributed by atoms with Gasteiger partial charge in [-0.3, -0.25) is 4.79 Å². The summed E-state index contributed by atoms with van der Waals surface area (Å²) in [6, 6.07) is 8.11. The lowest BCUT2D eigenvalue weighted by Crippen LogP contribution is -2.18. The lowest BCUT2D eigenvalue weighted by molar-refractivity contribution is -0.117. The van der Waals surface area contributed by atoms with Crippen molar-refractivity contribution in [3.63, 3.8) is 0 Å². The molecule has 3 heteroatoms. The molecule has 0 aliphatic rings. The smallest absolute Gasteiger partial charge is 0.246 e. The number of rotatable bonds is 6. The third-order valence-electron chi connectivity index (χ3n) is 3.85. The second-order valence-electron chi connectivity index (χ2n) is 5.58. The number of amides is 1. The number of hydrogen-bond acceptors (Lipinski definition) is 2. The third kappa shape index (κ3) is 5.44. The lowest BCUT2D eigenvalue weighted by Gasteiger charge is -2.15. The minimum absolute atomic E-state index is 0.0550. The molecular formula is C20H27NO2. The van der Waals surface area contributed by atoms with Crippen molar-refractivity contribution in [1.29, 1.82) is 0 Å². The van der Waals surface area contributed by atoms with E-state index in [0.29, 0.717) is 5.57 Å². The molecule has 0 aliphatic carbocycles. The van der Waals surface area contributed by atoms with Crippen molar-refractivity contribution in [1.82, 2.24) is 5.32 Å². The van der Waals surface area contributed by atoms with Crippen molar-refractivity contribution in [3.8, 4) is 5.75 Å². The average molecular weight is 313 g/mol. The first-order valence-corrected chi connectivity index (χ1v) is 7.81. The van der Waals surface area contributed by atoms with Crippen molar-refractivity contribution in [2.75, 3.05) is 14.2 Å². The minimum atomic E-state index is -0.0550. The van der Waals surface area contributed by atoms with Gasteiger partial charge in [-0.15, -0.1) is 0 Å². The number of carbonyl (C=O) groups is 1. The number of methoxy groups -OCH3 is 1. The SMILES string of the molecule is C/C=C(/C=C(C)\C=C(/C)C(=O)NC)C(C)c1cccc(OC)c1. The van der Waals surface area contributed by atoms with Crippen LogP contribution in [0.5, 0.6) is 5.75 Å². The molecule has 0 saturated carbocycles. The highest BCUT2D eigenvalue weighted by Gasteiger charge is 2.10. The van der Waals surface area contributed by atoms with E-state index in [-0.39, 0.29) is 11.8 Å². The highest BCUT2D eigenvalue weighted by atomic mass is 16.5. The Labute approximate surface area is 139 Å². The molecule has 1 unspecified atom stereocenters. The monoisotopic (exact) mass is 313 g/mol. The summed E-state index contributed by atoms with van der Waals surface area (Å²) in [6.07, 6.45) is 6.13. The van der Waals surface area contributed by atoms with E-state index in [4.69, 9.17) is 4.74 Å². The van der Waals surface area contributed by atoms with E-state index in [1.807, 2.05) is 39.0 Å². The van der Waals surface area contributed by atoms with Crippen molar-refractivity contribution < 1.29 is 9.53 Å². The zero-order chi connectivity index (χ0) is 17.4. The van der Waals surface area contributed by atoms with E-state index in [9.17, 15) is 4.79 Å². The topological polar surface area (TPSA) is 38.3 Å². The van der Waals surface area contributed by atoms with Crippen LogP contribution < -0.4 is 10.1 Å². The maximum atomic E-state index is 11.6. The molecule has 0 radical (unpaired) electrons. The van der Waals surface area contributed by atoms with Gasteiger partial charge in [-0.25, -0.2) is 0 Å². The van der Waals surface area contributed by atoms with Crippen LogP contribution in [0.2, 0.25) is 0 Å². The molecule has 0 heterocycles.